The standard InChI is InChI=1S/C19H19N3O4/c1-24-14-5-6-17(25-2)16(11-14)22-19(23)13-7-8-20-18(10-13)21-12-15-4-3-9-26-15/h3-11H,12H2,1-2H3,(H,20,21)(H,22,23). The van der Waals surface area contributed by atoms with E-state index in [0.717, 1.165) is 5.76 Å². The number of hydrogen-bond donors (Lipinski definition) is 2. The van der Waals surface area contributed by atoms with Crippen LogP contribution in [-0.2, 0) is 6.54 Å². The van der Waals surface area contributed by atoms with Crippen molar-refractivity contribution in [3.8, 4) is 11.5 Å². The molecular formula is C19H19N3O4. The number of anilines is 2. The molecule has 7 nitrogen and oxygen atoms in total. The van der Waals surface area contributed by atoms with E-state index in [2.05, 4.69) is 15.6 Å². The number of methoxy groups -OCH3 is 2. The lowest BCUT2D eigenvalue weighted by Gasteiger charge is -2.12. The summed E-state index contributed by atoms with van der Waals surface area (Å²) in [6, 6.07) is 12.2. The molecule has 0 aliphatic heterocycles. The predicted octanol–water partition coefficient (Wildman–Crippen LogP) is 3.56. The lowest BCUT2D eigenvalue weighted by molar-refractivity contribution is 0.102. The van der Waals surface area contributed by atoms with Crippen molar-refractivity contribution in [2.75, 3.05) is 24.9 Å². The van der Waals surface area contributed by atoms with Gasteiger partial charge in [0.05, 0.1) is 32.7 Å². The first-order valence-electron chi connectivity index (χ1n) is 7.95. The maximum absolute atomic E-state index is 12.6. The molecule has 0 fully saturated rings. The largest absolute Gasteiger partial charge is 0.497 e. The topological polar surface area (TPSA) is 85.6 Å². The van der Waals surface area contributed by atoms with Gasteiger partial charge in [-0.15, -0.1) is 0 Å². The van der Waals surface area contributed by atoms with Crippen molar-refractivity contribution < 1.29 is 18.7 Å². The molecule has 3 rings (SSSR count). The second-order valence-electron chi connectivity index (χ2n) is 5.38. The van der Waals surface area contributed by atoms with E-state index in [1.807, 2.05) is 12.1 Å². The average Bonchev–Trinajstić information content (AvgIpc) is 3.20. The van der Waals surface area contributed by atoms with Crippen LogP contribution in [0.15, 0.2) is 59.3 Å². The fraction of sp³-hybridized carbons (Fsp3) is 0.158. The fourth-order valence-electron chi connectivity index (χ4n) is 2.37. The van der Waals surface area contributed by atoms with E-state index < -0.39 is 0 Å². The van der Waals surface area contributed by atoms with Gasteiger partial charge in [-0.3, -0.25) is 4.79 Å². The van der Waals surface area contributed by atoms with E-state index in [9.17, 15) is 4.79 Å². The zero-order valence-corrected chi connectivity index (χ0v) is 14.5. The highest BCUT2D eigenvalue weighted by Gasteiger charge is 2.12. The van der Waals surface area contributed by atoms with E-state index in [4.69, 9.17) is 13.9 Å². The number of carbonyl (C=O) groups excluding carboxylic acids is 1. The lowest BCUT2D eigenvalue weighted by atomic mass is 10.2. The van der Waals surface area contributed by atoms with Crippen molar-refractivity contribution in [1.29, 1.82) is 0 Å². The molecule has 2 N–H and O–H groups in total. The minimum absolute atomic E-state index is 0.278. The second-order valence-corrected chi connectivity index (χ2v) is 5.38. The predicted molar refractivity (Wildman–Crippen MR) is 97.8 cm³/mol. The quantitative estimate of drug-likeness (QED) is 0.675. The minimum Gasteiger partial charge on any atom is -0.497 e. The van der Waals surface area contributed by atoms with Crippen LogP contribution >= 0.6 is 0 Å². The minimum atomic E-state index is -0.278. The van der Waals surface area contributed by atoms with Crippen molar-refractivity contribution in [2.24, 2.45) is 0 Å². The Morgan fingerprint density at radius 3 is 2.77 bits per heavy atom. The van der Waals surface area contributed by atoms with Crippen LogP contribution in [0.2, 0.25) is 0 Å². The third-order valence-electron chi connectivity index (χ3n) is 3.70. The number of hydrogen-bond acceptors (Lipinski definition) is 6. The van der Waals surface area contributed by atoms with Crippen LogP contribution in [0.3, 0.4) is 0 Å². The SMILES string of the molecule is COc1ccc(OC)c(NC(=O)c2ccnc(NCc3ccco3)c2)c1. The molecule has 0 unspecified atom stereocenters. The molecule has 0 bridgehead atoms. The van der Waals surface area contributed by atoms with E-state index >= 15 is 0 Å². The monoisotopic (exact) mass is 353 g/mol. The third-order valence-corrected chi connectivity index (χ3v) is 3.70. The Bertz CT molecular complexity index is 878. The summed E-state index contributed by atoms with van der Waals surface area (Å²) in [7, 11) is 3.10. The van der Waals surface area contributed by atoms with Gasteiger partial charge in [-0.05, 0) is 36.4 Å². The number of carbonyl (C=O) groups is 1. The number of nitrogens with one attached hydrogen (secondary N) is 2. The molecule has 1 aromatic carbocycles. The van der Waals surface area contributed by atoms with Crippen molar-refractivity contribution in [1.82, 2.24) is 4.98 Å². The smallest absolute Gasteiger partial charge is 0.255 e. The number of benzene rings is 1. The Kier molecular flexibility index (Phi) is 5.38. The van der Waals surface area contributed by atoms with Crippen LogP contribution in [0.4, 0.5) is 11.5 Å². The van der Waals surface area contributed by atoms with Crippen LogP contribution in [0.1, 0.15) is 16.1 Å². The van der Waals surface area contributed by atoms with Gasteiger partial charge in [0.2, 0.25) is 0 Å². The third kappa shape index (κ3) is 4.13. The molecule has 0 radical (unpaired) electrons. The maximum Gasteiger partial charge on any atom is 0.255 e. The first-order valence-corrected chi connectivity index (χ1v) is 7.95. The summed E-state index contributed by atoms with van der Waals surface area (Å²) in [4.78, 5) is 16.8. The molecule has 0 spiro atoms. The van der Waals surface area contributed by atoms with E-state index in [1.54, 1.807) is 57.0 Å². The van der Waals surface area contributed by atoms with Crippen molar-refractivity contribution in [2.45, 2.75) is 6.54 Å². The molecule has 0 saturated carbocycles. The highest BCUT2D eigenvalue weighted by Crippen LogP contribution is 2.29. The van der Waals surface area contributed by atoms with Crippen molar-refractivity contribution >= 4 is 17.4 Å². The average molecular weight is 353 g/mol. The molecule has 0 saturated heterocycles. The van der Waals surface area contributed by atoms with E-state index in [-0.39, 0.29) is 5.91 Å². The van der Waals surface area contributed by atoms with Crippen LogP contribution in [0.25, 0.3) is 0 Å². The molecule has 1 amide bonds. The van der Waals surface area contributed by atoms with Gasteiger partial charge in [0.25, 0.3) is 5.91 Å². The van der Waals surface area contributed by atoms with Crippen molar-refractivity contribution in [3.63, 3.8) is 0 Å². The van der Waals surface area contributed by atoms with Gasteiger partial charge in [0, 0.05) is 17.8 Å². The highest BCUT2D eigenvalue weighted by atomic mass is 16.5. The molecule has 2 heterocycles. The summed E-state index contributed by atoms with van der Waals surface area (Å²) in [5.41, 5.74) is 0.991. The van der Waals surface area contributed by atoms with Crippen LogP contribution in [-0.4, -0.2) is 25.1 Å². The zero-order valence-electron chi connectivity index (χ0n) is 14.5. The van der Waals surface area contributed by atoms with Crippen LogP contribution in [0, 0.1) is 0 Å². The van der Waals surface area contributed by atoms with E-state index in [0.29, 0.717) is 35.1 Å². The number of ether oxygens (including phenoxy) is 2. The number of pyridine rings is 1. The summed E-state index contributed by atoms with van der Waals surface area (Å²) in [5.74, 6) is 2.25. The molecule has 26 heavy (non-hydrogen) atoms. The Morgan fingerprint density at radius 2 is 2.04 bits per heavy atom. The number of nitrogens with zero attached hydrogens (tertiary/aromatic N) is 1. The van der Waals surface area contributed by atoms with Gasteiger partial charge >= 0.3 is 0 Å². The van der Waals surface area contributed by atoms with Gasteiger partial charge in [-0.2, -0.15) is 0 Å². The van der Waals surface area contributed by atoms with Gasteiger partial charge in [0.1, 0.15) is 23.1 Å². The van der Waals surface area contributed by atoms with Crippen molar-refractivity contribution in [3.05, 3.63) is 66.2 Å². The van der Waals surface area contributed by atoms with Gasteiger partial charge in [-0.1, -0.05) is 0 Å². The fourth-order valence-corrected chi connectivity index (χ4v) is 2.37. The number of aromatic nitrogens is 1. The Balaban J connectivity index is 1.73. The molecule has 2 aromatic heterocycles. The Hall–Kier alpha value is -3.48. The van der Waals surface area contributed by atoms with Crippen LogP contribution in [0.5, 0.6) is 11.5 Å². The zero-order chi connectivity index (χ0) is 18.4. The molecule has 7 heteroatoms. The highest BCUT2D eigenvalue weighted by molar-refractivity contribution is 6.05. The Labute approximate surface area is 151 Å². The summed E-state index contributed by atoms with van der Waals surface area (Å²) >= 11 is 0. The normalized spacial score (nSPS) is 10.2. The van der Waals surface area contributed by atoms with E-state index in [1.165, 1.54) is 0 Å². The molecule has 0 aliphatic rings. The lowest BCUT2D eigenvalue weighted by Crippen LogP contribution is -2.13. The first kappa shape index (κ1) is 17.3. The van der Waals surface area contributed by atoms with Gasteiger partial charge < -0.3 is 24.5 Å². The van der Waals surface area contributed by atoms with Gasteiger partial charge in [0.15, 0.2) is 0 Å². The number of amides is 1. The molecule has 3 aromatic rings. The summed E-state index contributed by atoms with van der Waals surface area (Å²) < 4.78 is 15.7. The van der Waals surface area contributed by atoms with Gasteiger partial charge in [-0.25, -0.2) is 4.98 Å². The summed E-state index contributed by atoms with van der Waals surface area (Å²) in [5, 5.41) is 5.95. The first-order chi connectivity index (χ1) is 12.7. The molecular weight excluding hydrogens is 334 g/mol. The maximum atomic E-state index is 12.6. The summed E-state index contributed by atoms with van der Waals surface area (Å²) in [6.07, 6.45) is 3.18. The van der Waals surface area contributed by atoms with Crippen LogP contribution < -0.4 is 20.1 Å². The molecule has 0 atom stereocenters. The second kappa shape index (κ2) is 8.06. The summed E-state index contributed by atoms with van der Waals surface area (Å²) in [6.45, 7) is 0.481. The molecule has 0 aliphatic carbocycles. The molecule has 134 valence electrons. The number of furan rings is 1. The Morgan fingerprint density at radius 1 is 1.15 bits per heavy atom. The number of rotatable bonds is 7.